The number of hydrogen-bond donors (Lipinski definition) is 3. The maximum atomic E-state index is 5.26. The largest absolute Gasteiger partial charge is 0.383 e. The van der Waals surface area contributed by atoms with Crippen LogP contribution in [0.2, 0.25) is 0 Å². The molecule has 98 heavy (non-hydrogen) atoms. The molecule has 0 aromatic carbocycles. The van der Waals surface area contributed by atoms with E-state index in [0.29, 0.717) is 0 Å². The zero-order valence-corrected chi connectivity index (χ0v) is 69.3. The maximum Gasteiger partial charge on any atom is 0.0594 e. The Morgan fingerprint density at radius 1 is 0.316 bits per heavy atom. The fraction of sp³-hybridized carbons (Fsp3) is 1.00. The zero-order chi connectivity index (χ0) is 71.7. The van der Waals surface area contributed by atoms with Crippen LogP contribution in [0.15, 0.2) is 0 Å². The monoisotopic (exact) mass is 1390 g/mol. The molecule has 8 aliphatic rings. The van der Waals surface area contributed by atoms with E-state index in [1.54, 1.807) is 7.11 Å². The summed E-state index contributed by atoms with van der Waals surface area (Å²) in [5.74, 6) is 2.09. The van der Waals surface area contributed by atoms with Crippen molar-refractivity contribution in [1.29, 1.82) is 0 Å². The summed E-state index contributed by atoms with van der Waals surface area (Å²) in [7, 11) is 8.22. The third-order valence-electron chi connectivity index (χ3n) is 21.4. The van der Waals surface area contributed by atoms with Crippen molar-refractivity contribution < 1.29 is 9.47 Å². The zero-order valence-electron chi connectivity index (χ0n) is 69.3. The molecule has 590 valence electrons. The van der Waals surface area contributed by atoms with Crippen molar-refractivity contribution in [2.24, 2.45) is 11.8 Å². The Morgan fingerprint density at radius 2 is 0.622 bits per heavy atom. The molecule has 0 aromatic heterocycles. The first-order valence-corrected chi connectivity index (χ1v) is 43.7. The van der Waals surface area contributed by atoms with Gasteiger partial charge in [-0.2, -0.15) is 0 Å². The van der Waals surface area contributed by atoms with E-state index in [1.165, 1.54) is 408 Å². The molecule has 0 atom stereocenters. The molecule has 0 unspecified atom stereocenters. The number of ether oxygens (including phenoxy) is 2. The van der Waals surface area contributed by atoms with Gasteiger partial charge in [0.05, 0.1) is 19.8 Å². The van der Waals surface area contributed by atoms with Crippen LogP contribution in [-0.4, -0.2) is 289 Å². The highest BCUT2D eigenvalue weighted by atomic mass is 16.5. The van der Waals surface area contributed by atoms with Crippen molar-refractivity contribution in [2.75, 3.05) is 244 Å². The molecule has 3 N–H and O–H groups in total. The van der Waals surface area contributed by atoms with E-state index < -0.39 is 0 Å². The summed E-state index contributed by atoms with van der Waals surface area (Å²) in [5.41, 5.74) is 0. The number of rotatable bonds is 37. The van der Waals surface area contributed by atoms with Gasteiger partial charge in [-0.15, -0.1) is 0 Å². The van der Waals surface area contributed by atoms with Crippen LogP contribution in [0, 0.1) is 11.8 Å². The Hall–Kier alpha value is -0.560. The van der Waals surface area contributed by atoms with Crippen molar-refractivity contribution in [3.63, 3.8) is 0 Å². The normalized spacial score (nSPS) is 19.9. The number of likely N-dealkylation sites (tertiary alicyclic amines) is 3. The second kappa shape index (κ2) is 77.5. The van der Waals surface area contributed by atoms with Crippen molar-refractivity contribution in [3.8, 4) is 0 Å². The second-order valence-corrected chi connectivity index (χ2v) is 30.6. The molecule has 0 radical (unpaired) electrons. The minimum atomic E-state index is 0.871. The van der Waals surface area contributed by atoms with Gasteiger partial charge in [0.15, 0.2) is 0 Å². The van der Waals surface area contributed by atoms with E-state index in [0.717, 1.165) is 51.3 Å². The lowest BCUT2D eigenvalue weighted by molar-refractivity contribution is 0.0372. The first-order valence-electron chi connectivity index (χ1n) is 43.7. The van der Waals surface area contributed by atoms with Gasteiger partial charge in [0.25, 0.3) is 0 Å². The standard InChI is InChI=1S/C12H26N2O.C10H22N2.2C10H21N.C9H20N2.C9H19NO.2C9H19N.C6H15N/c1-3-4-5-6-13-7-9-14(10-8-13)11-12-15-2;1-3-4-5-6-12-9-7-11(2)8-10-12;1-3-4-5-10-6-8-11(2)9-7-10;1-2-3-5-8-11-9-6-4-7-10-11;1-2-3-4-7-11-8-5-10-6-9-11;1-2-3-4-5-10-6-8-11-9-7-10;1-2-3-4-9-5-7-10-8-6-9;1-2-3-4-7-10-8-5-6-9-10;1-3-4-5-6-7-2/h3-12H2,1-2H3;3-10H2,1-2H3;10H,3-9H2,1-2H3;2-10H2,1H3;10H,2-9H2,1H3;2-9H2,1H3;9-10H,2-8H2,1H3;2-9H2,1H3;7H,3-6H2,1-2H3. The SMILES string of the molecule is CCCCC1CCN(C)CC1.CCCCC1CCNCC1.CCCCCN1CCCC1.CCCCCN1CCCCC1.CCCCCN1CCN(C)CC1.CCCCCN1CCN(CCOC)CC1.CCCCCN1CCNCC1.CCCCCN1CCOCC1.CCCCCNC. The fourth-order valence-electron chi connectivity index (χ4n) is 14.0. The number of unbranched alkanes of at least 4 members (excludes halogenated alkanes) is 16. The molecule has 14 nitrogen and oxygen atoms in total. The summed E-state index contributed by atoms with van der Waals surface area (Å²) in [5, 5.41) is 9.86. The van der Waals surface area contributed by atoms with Gasteiger partial charge in [-0.25, -0.2) is 0 Å². The Balaban J connectivity index is 0.00000109. The van der Waals surface area contributed by atoms with Crippen molar-refractivity contribution in [1.82, 2.24) is 60.0 Å². The number of piperazine rings is 3. The summed E-state index contributed by atoms with van der Waals surface area (Å²) >= 11 is 0. The summed E-state index contributed by atoms with van der Waals surface area (Å²) in [6.07, 6.45) is 50.2. The molecule has 14 heteroatoms. The lowest BCUT2D eigenvalue weighted by Crippen LogP contribution is -2.47. The molecule has 8 fully saturated rings. The Morgan fingerprint density at radius 3 is 1.00 bits per heavy atom. The molecule has 0 saturated carbocycles. The van der Waals surface area contributed by atoms with Crippen LogP contribution >= 0.6 is 0 Å². The molecule has 8 heterocycles. The molecule has 0 aromatic rings. The van der Waals surface area contributed by atoms with E-state index in [9.17, 15) is 0 Å². The van der Waals surface area contributed by atoms with Crippen LogP contribution in [0.25, 0.3) is 0 Å². The highest BCUT2D eigenvalue weighted by Gasteiger charge is 2.18. The van der Waals surface area contributed by atoms with E-state index in [4.69, 9.17) is 9.47 Å². The maximum absolute atomic E-state index is 5.26. The number of methoxy groups -OCH3 is 1. The first-order chi connectivity index (χ1) is 48.1. The quantitative estimate of drug-likeness (QED) is 0.0516. The lowest BCUT2D eigenvalue weighted by Gasteiger charge is -2.34. The molecule has 8 aliphatic heterocycles. The number of morpholine rings is 1. The number of nitrogens with zero attached hydrogens (tertiary/aromatic N) is 9. The summed E-state index contributed by atoms with van der Waals surface area (Å²) in [4.78, 5) is 22.8. The molecule has 0 amide bonds. The van der Waals surface area contributed by atoms with Gasteiger partial charge in [-0.1, -0.05) is 197 Å². The topological polar surface area (TPSA) is 83.7 Å². The Kier molecular flexibility index (Phi) is 77.1. The van der Waals surface area contributed by atoms with Gasteiger partial charge in [0.1, 0.15) is 0 Å². The van der Waals surface area contributed by atoms with Gasteiger partial charge in [-0.05, 0) is 227 Å². The third kappa shape index (κ3) is 65.0. The summed E-state index contributed by atoms with van der Waals surface area (Å²) in [6, 6.07) is 0. The van der Waals surface area contributed by atoms with Crippen LogP contribution in [0.5, 0.6) is 0 Å². The average molecular weight is 1390 g/mol. The van der Waals surface area contributed by atoms with Crippen LogP contribution in [0.1, 0.15) is 293 Å². The molecular formula is C84H182N12O2. The number of likely N-dealkylation sites (N-methyl/N-ethyl adjacent to an activating group) is 1. The van der Waals surface area contributed by atoms with E-state index >= 15 is 0 Å². The van der Waals surface area contributed by atoms with Crippen molar-refractivity contribution in [3.05, 3.63) is 0 Å². The predicted octanol–water partition coefficient (Wildman–Crippen LogP) is 16.5. The third-order valence-corrected chi connectivity index (χ3v) is 21.4. The van der Waals surface area contributed by atoms with E-state index in [-0.39, 0.29) is 0 Å². The fourth-order valence-corrected chi connectivity index (χ4v) is 14.0. The van der Waals surface area contributed by atoms with E-state index in [1.807, 2.05) is 7.05 Å². The van der Waals surface area contributed by atoms with Gasteiger partial charge in [0.2, 0.25) is 0 Å². The average Bonchev–Trinajstić information content (AvgIpc) is 2.73. The predicted molar refractivity (Wildman–Crippen MR) is 437 cm³/mol. The Labute approximate surface area is 616 Å². The summed E-state index contributed by atoms with van der Waals surface area (Å²) in [6.45, 7) is 61.1. The lowest BCUT2D eigenvalue weighted by atomic mass is 9.92. The summed E-state index contributed by atoms with van der Waals surface area (Å²) < 4.78 is 10.4. The molecule has 8 saturated heterocycles. The smallest absolute Gasteiger partial charge is 0.0594 e. The molecule has 0 spiro atoms. The highest BCUT2D eigenvalue weighted by Crippen LogP contribution is 2.22. The highest BCUT2D eigenvalue weighted by molar-refractivity contribution is 4.74. The second-order valence-electron chi connectivity index (χ2n) is 30.6. The molecule has 0 aliphatic carbocycles. The molecule has 8 rings (SSSR count). The van der Waals surface area contributed by atoms with Crippen LogP contribution in [0.4, 0.5) is 0 Å². The van der Waals surface area contributed by atoms with Gasteiger partial charge < -0.3 is 59.7 Å². The number of nitrogens with one attached hydrogen (secondary N) is 3. The van der Waals surface area contributed by atoms with Crippen molar-refractivity contribution in [2.45, 2.75) is 293 Å². The van der Waals surface area contributed by atoms with Crippen LogP contribution < -0.4 is 16.0 Å². The minimum Gasteiger partial charge on any atom is -0.383 e. The van der Waals surface area contributed by atoms with E-state index in [2.05, 4.69) is 136 Å². The minimum absolute atomic E-state index is 0.871. The van der Waals surface area contributed by atoms with Crippen molar-refractivity contribution >= 4 is 0 Å². The van der Waals surface area contributed by atoms with Crippen LogP contribution in [0.3, 0.4) is 0 Å². The van der Waals surface area contributed by atoms with Gasteiger partial charge in [0, 0.05) is 105 Å². The number of piperidine rings is 3. The van der Waals surface area contributed by atoms with Crippen LogP contribution in [-0.2, 0) is 9.47 Å². The molecule has 0 bridgehead atoms. The van der Waals surface area contributed by atoms with Gasteiger partial charge >= 0.3 is 0 Å². The number of hydrogen-bond acceptors (Lipinski definition) is 14. The van der Waals surface area contributed by atoms with Gasteiger partial charge in [-0.3, -0.25) is 9.80 Å². The first kappa shape index (κ1) is 97.4. The Bertz CT molecular complexity index is 1390. The molecular weight excluding hydrogens is 1210 g/mol.